The average molecular weight is 618 g/mol. The van der Waals surface area contributed by atoms with E-state index in [4.69, 9.17) is 9.73 Å². The van der Waals surface area contributed by atoms with E-state index in [9.17, 15) is 19.1 Å². The highest BCUT2D eigenvalue weighted by atomic mass is 32.1. The van der Waals surface area contributed by atoms with Crippen molar-refractivity contribution in [1.82, 2.24) is 20.1 Å². The monoisotopic (exact) mass is 617 g/mol. The molecule has 43 heavy (non-hydrogen) atoms. The number of fused-ring (bicyclic) bond motifs is 1. The number of ether oxygens (including phenoxy) is 1. The second-order valence-electron chi connectivity index (χ2n) is 12.0. The average Bonchev–Trinajstić information content (AvgIpc) is 3.67. The summed E-state index contributed by atoms with van der Waals surface area (Å²) in [6.07, 6.45) is 2.78. The fraction of sp³-hybridized carbons (Fsp3) is 0.533. The maximum absolute atomic E-state index is 15.7. The van der Waals surface area contributed by atoms with E-state index in [1.807, 2.05) is 0 Å². The van der Waals surface area contributed by atoms with Crippen molar-refractivity contribution in [3.63, 3.8) is 0 Å². The maximum Gasteiger partial charge on any atom is 0.338 e. The Balaban J connectivity index is 1.36. The van der Waals surface area contributed by atoms with Crippen molar-refractivity contribution in [2.45, 2.75) is 70.1 Å². The Morgan fingerprint density at radius 2 is 2.05 bits per heavy atom. The van der Waals surface area contributed by atoms with Gasteiger partial charge in [-0.25, -0.2) is 22.9 Å². The standard InChI is InChI=1S/C30H34F3N5O4S/c1-4-42-27(39)22-20(35-25(26-34-9-11-43-26)36-23(22)18-6-5-7-19(31)16(18)2)14-37-15-30(32,33)24-21(37)8-10-38(24)17-12-29(3,13-17)28(40)41/h5-7,9,11,17,21,23-24H,4,8,10,12-15H2,1-3H3,(H,35,36)(H,40,41)/t17?,21-,23-,24?,29?/m0/s1. The van der Waals surface area contributed by atoms with Crippen molar-refractivity contribution in [3.05, 3.63) is 63.0 Å². The number of hydrogen-bond donors (Lipinski definition) is 2. The van der Waals surface area contributed by atoms with Crippen LogP contribution in [-0.4, -0.2) is 88.0 Å². The number of rotatable bonds is 8. The summed E-state index contributed by atoms with van der Waals surface area (Å²) in [7, 11) is 0. The van der Waals surface area contributed by atoms with Crippen molar-refractivity contribution < 1.29 is 32.6 Å². The highest BCUT2D eigenvalue weighted by Gasteiger charge is 2.63. The van der Waals surface area contributed by atoms with Gasteiger partial charge in [0.15, 0.2) is 10.8 Å². The van der Waals surface area contributed by atoms with Gasteiger partial charge in [0.25, 0.3) is 5.92 Å². The molecular weight excluding hydrogens is 583 g/mol. The molecular formula is C30H34F3N5O4S. The Kier molecular flexibility index (Phi) is 7.62. The van der Waals surface area contributed by atoms with Crippen molar-refractivity contribution >= 4 is 29.1 Å². The lowest BCUT2D eigenvalue weighted by Crippen LogP contribution is -2.58. The third kappa shape index (κ3) is 5.14. The number of alkyl halides is 2. The number of amidine groups is 1. The first kappa shape index (κ1) is 29.8. The minimum Gasteiger partial charge on any atom is -0.481 e. The Hall–Kier alpha value is -3.29. The van der Waals surface area contributed by atoms with Gasteiger partial charge in [0.1, 0.15) is 11.9 Å². The zero-order valence-electron chi connectivity index (χ0n) is 24.1. The molecule has 3 fully saturated rings. The molecule has 2 N–H and O–H groups in total. The molecule has 4 heterocycles. The molecule has 2 saturated heterocycles. The van der Waals surface area contributed by atoms with Crippen LogP contribution in [0.5, 0.6) is 0 Å². The minimum absolute atomic E-state index is 0.00842. The van der Waals surface area contributed by atoms with Crippen LogP contribution in [-0.2, 0) is 14.3 Å². The van der Waals surface area contributed by atoms with E-state index < -0.39 is 53.8 Å². The molecule has 3 aliphatic heterocycles. The van der Waals surface area contributed by atoms with Gasteiger partial charge in [-0.2, -0.15) is 0 Å². The van der Waals surface area contributed by atoms with Gasteiger partial charge in [-0.05, 0) is 57.2 Å². The van der Waals surface area contributed by atoms with Crippen molar-refractivity contribution in [2.75, 3.05) is 26.2 Å². The second-order valence-corrected chi connectivity index (χ2v) is 12.9. The normalized spacial score (nSPS) is 30.4. The third-order valence-electron chi connectivity index (χ3n) is 9.30. The number of nitrogens with zero attached hydrogens (tertiary/aromatic N) is 4. The van der Waals surface area contributed by atoms with E-state index in [2.05, 4.69) is 10.3 Å². The minimum atomic E-state index is -3.04. The zero-order valence-corrected chi connectivity index (χ0v) is 25.0. The molecule has 1 unspecified atom stereocenters. The molecule has 1 saturated carbocycles. The third-order valence-corrected chi connectivity index (χ3v) is 10.1. The van der Waals surface area contributed by atoms with Gasteiger partial charge in [0, 0.05) is 42.4 Å². The number of carboxylic acid groups (broad SMARTS) is 1. The van der Waals surface area contributed by atoms with Gasteiger partial charge < -0.3 is 15.2 Å². The first-order valence-corrected chi connectivity index (χ1v) is 15.3. The Labute approximate surface area is 251 Å². The summed E-state index contributed by atoms with van der Waals surface area (Å²) in [4.78, 5) is 37.8. The summed E-state index contributed by atoms with van der Waals surface area (Å²) in [6, 6.07) is 1.88. The van der Waals surface area contributed by atoms with Gasteiger partial charge in [-0.15, -0.1) is 11.3 Å². The van der Waals surface area contributed by atoms with Gasteiger partial charge in [0.05, 0.1) is 30.2 Å². The number of nitrogens with one attached hydrogen (secondary N) is 1. The van der Waals surface area contributed by atoms with Crippen LogP contribution in [0.15, 0.2) is 46.0 Å². The molecule has 230 valence electrons. The maximum atomic E-state index is 15.7. The lowest BCUT2D eigenvalue weighted by Gasteiger charge is -2.48. The van der Waals surface area contributed by atoms with E-state index in [1.54, 1.807) is 54.3 Å². The Morgan fingerprint density at radius 3 is 2.72 bits per heavy atom. The van der Waals surface area contributed by atoms with Crippen LogP contribution in [0.2, 0.25) is 0 Å². The summed E-state index contributed by atoms with van der Waals surface area (Å²) in [6.45, 7) is 4.95. The highest BCUT2D eigenvalue weighted by molar-refractivity contribution is 7.11. The summed E-state index contributed by atoms with van der Waals surface area (Å²) < 4.78 is 51.6. The number of thiazole rings is 1. The fourth-order valence-corrected chi connectivity index (χ4v) is 7.71. The SMILES string of the molecule is CCOC(=O)C1=C(CN2CC(F)(F)C3[C@@H]2CCN3C2CC(C)(C(=O)O)C2)NC(c2nccs2)=N[C@H]1c1cccc(F)c1C. The van der Waals surface area contributed by atoms with E-state index in [0.29, 0.717) is 53.5 Å². The number of carbonyl (C=O) groups excluding carboxylic acids is 1. The zero-order chi connectivity index (χ0) is 30.7. The molecule has 3 atom stereocenters. The molecule has 0 radical (unpaired) electrons. The van der Waals surface area contributed by atoms with Crippen molar-refractivity contribution in [2.24, 2.45) is 10.4 Å². The number of benzene rings is 1. The van der Waals surface area contributed by atoms with Crippen LogP contribution >= 0.6 is 11.3 Å². The van der Waals surface area contributed by atoms with Crippen LogP contribution in [0.1, 0.15) is 55.3 Å². The number of aromatic nitrogens is 1. The predicted octanol–water partition coefficient (Wildman–Crippen LogP) is 4.15. The highest BCUT2D eigenvalue weighted by Crippen LogP contribution is 2.50. The van der Waals surface area contributed by atoms with Gasteiger partial charge in [-0.1, -0.05) is 12.1 Å². The lowest BCUT2D eigenvalue weighted by molar-refractivity contribution is -0.160. The van der Waals surface area contributed by atoms with E-state index in [-0.39, 0.29) is 24.8 Å². The predicted molar refractivity (Wildman–Crippen MR) is 154 cm³/mol. The summed E-state index contributed by atoms with van der Waals surface area (Å²) in [5.41, 5.74) is 0.417. The number of aliphatic carboxylic acids is 1. The Bertz CT molecular complexity index is 1490. The van der Waals surface area contributed by atoms with Gasteiger partial charge in [0.2, 0.25) is 0 Å². The summed E-state index contributed by atoms with van der Waals surface area (Å²) in [5.74, 6) is -4.68. The number of halogens is 3. The smallest absolute Gasteiger partial charge is 0.338 e. The quantitative estimate of drug-likeness (QED) is 0.426. The molecule has 6 rings (SSSR count). The molecule has 2 aromatic rings. The van der Waals surface area contributed by atoms with Gasteiger partial charge in [-0.3, -0.25) is 19.6 Å². The number of likely N-dealkylation sites (tertiary alicyclic amines) is 2. The molecule has 4 aliphatic rings. The van der Waals surface area contributed by atoms with E-state index in [1.165, 1.54) is 17.4 Å². The number of aliphatic imine (C=N–C) groups is 1. The largest absolute Gasteiger partial charge is 0.481 e. The van der Waals surface area contributed by atoms with E-state index >= 15 is 8.78 Å². The molecule has 13 heteroatoms. The molecule has 1 aromatic heterocycles. The molecule has 0 bridgehead atoms. The second kappa shape index (κ2) is 11.0. The summed E-state index contributed by atoms with van der Waals surface area (Å²) in [5, 5.41) is 15.1. The van der Waals surface area contributed by atoms with Crippen molar-refractivity contribution in [3.8, 4) is 0 Å². The Morgan fingerprint density at radius 1 is 1.28 bits per heavy atom. The summed E-state index contributed by atoms with van der Waals surface area (Å²) >= 11 is 1.33. The molecule has 0 spiro atoms. The van der Waals surface area contributed by atoms with Crippen LogP contribution < -0.4 is 5.32 Å². The fourth-order valence-electron chi connectivity index (χ4n) is 7.13. The number of carboxylic acids is 1. The molecule has 1 aromatic carbocycles. The first-order chi connectivity index (χ1) is 20.4. The van der Waals surface area contributed by atoms with Crippen LogP contribution in [0.25, 0.3) is 0 Å². The number of carbonyl (C=O) groups is 2. The van der Waals surface area contributed by atoms with Crippen LogP contribution in [0.4, 0.5) is 13.2 Å². The number of hydrogen-bond acceptors (Lipinski definition) is 9. The molecule has 0 amide bonds. The molecule has 9 nitrogen and oxygen atoms in total. The topological polar surface area (TPSA) is 107 Å². The van der Waals surface area contributed by atoms with Crippen LogP contribution in [0, 0.1) is 18.2 Å². The molecule has 1 aliphatic carbocycles. The van der Waals surface area contributed by atoms with Gasteiger partial charge >= 0.3 is 11.9 Å². The lowest BCUT2D eigenvalue weighted by atomic mass is 9.66. The van der Waals surface area contributed by atoms with Crippen LogP contribution in [0.3, 0.4) is 0 Å². The van der Waals surface area contributed by atoms with Crippen molar-refractivity contribution in [1.29, 1.82) is 0 Å². The van der Waals surface area contributed by atoms with E-state index in [0.717, 1.165) is 0 Å². The number of esters is 1. The first-order valence-electron chi connectivity index (χ1n) is 14.4.